The van der Waals surface area contributed by atoms with Crippen LogP contribution >= 0.6 is 0 Å². The summed E-state index contributed by atoms with van der Waals surface area (Å²) in [6, 6.07) is 10.9. The molecule has 0 saturated heterocycles. The number of carboxylic acid groups (broad SMARTS) is 1. The van der Waals surface area contributed by atoms with Crippen LogP contribution < -0.4 is 0 Å². The molecule has 3 nitrogen and oxygen atoms in total. The number of benzene rings is 2. The highest BCUT2D eigenvalue weighted by Gasteiger charge is 2.52. The Morgan fingerprint density at radius 3 is 2.22 bits per heavy atom. The van der Waals surface area contributed by atoms with Crippen LogP contribution in [0, 0.1) is 17.8 Å². The summed E-state index contributed by atoms with van der Waals surface area (Å²) in [6.45, 7) is 0. The molecular weight excluding hydrogens is 465 g/mol. The molecule has 0 radical (unpaired) electrons. The van der Waals surface area contributed by atoms with Crippen LogP contribution in [-0.2, 0) is 22.8 Å². The van der Waals surface area contributed by atoms with Crippen molar-refractivity contribution in [1.82, 2.24) is 0 Å². The summed E-state index contributed by atoms with van der Waals surface area (Å²) in [6.07, 6.45) is 8.14. The number of carboxylic acids is 1. The normalized spacial score (nSPS) is 27.6. The Hall–Kier alpha value is -3.02. The number of phenolic OH excluding ortho intramolecular Hbond substituents is 1. The van der Waals surface area contributed by atoms with E-state index in [9.17, 15) is 23.1 Å². The van der Waals surface area contributed by atoms with Crippen molar-refractivity contribution in [3.8, 4) is 5.75 Å². The number of aliphatic carboxylic acids is 1. The zero-order chi connectivity index (χ0) is 25.5. The minimum atomic E-state index is -4.48. The van der Waals surface area contributed by atoms with E-state index < -0.39 is 17.7 Å². The van der Waals surface area contributed by atoms with E-state index in [1.54, 1.807) is 12.1 Å². The molecule has 0 heterocycles. The van der Waals surface area contributed by atoms with Gasteiger partial charge in [-0.3, -0.25) is 0 Å². The van der Waals surface area contributed by atoms with Crippen molar-refractivity contribution in [3.63, 3.8) is 0 Å². The molecular formula is C30H31F3O3. The fourth-order valence-corrected chi connectivity index (χ4v) is 7.33. The number of aromatic hydroxyl groups is 1. The lowest BCUT2D eigenvalue weighted by molar-refractivity contribution is -0.137. The molecule has 2 N–H and O–H groups in total. The molecule has 2 aromatic carbocycles. The van der Waals surface area contributed by atoms with Crippen molar-refractivity contribution in [2.24, 2.45) is 17.8 Å². The quantitative estimate of drug-likeness (QED) is 0.308. The number of hydrogen-bond donors (Lipinski definition) is 2. The molecule has 36 heavy (non-hydrogen) atoms. The van der Waals surface area contributed by atoms with Gasteiger partial charge in [-0.15, -0.1) is 0 Å². The van der Waals surface area contributed by atoms with Gasteiger partial charge in [-0.2, -0.15) is 13.2 Å². The van der Waals surface area contributed by atoms with Crippen molar-refractivity contribution >= 4 is 11.5 Å². The summed E-state index contributed by atoms with van der Waals surface area (Å²) in [5.41, 5.74) is 2.08. The fraction of sp³-hybridized carbons (Fsp3) is 0.433. The highest BCUT2D eigenvalue weighted by molar-refractivity contribution is 5.85. The number of rotatable bonds is 7. The zero-order valence-corrected chi connectivity index (χ0v) is 20.1. The largest absolute Gasteiger partial charge is 0.508 e. The molecule has 4 aliphatic rings. The van der Waals surface area contributed by atoms with E-state index in [0.29, 0.717) is 29.7 Å². The van der Waals surface area contributed by atoms with Gasteiger partial charge in [0.1, 0.15) is 5.75 Å². The van der Waals surface area contributed by atoms with E-state index in [-0.39, 0.29) is 5.41 Å². The minimum absolute atomic E-state index is 0.107. The smallest absolute Gasteiger partial charge is 0.416 e. The maximum Gasteiger partial charge on any atom is 0.416 e. The van der Waals surface area contributed by atoms with E-state index in [1.807, 2.05) is 6.07 Å². The fourth-order valence-electron chi connectivity index (χ4n) is 7.33. The second-order valence-electron chi connectivity index (χ2n) is 11.0. The van der Waals surface area contributed by atoms with Gasteiger partial charge in [0.15, 0.2) is 0 Å². The number of hydrogen-bond acceptors (Lipinski definition) is 2. The molecule has 4 saturated carbocycles. The van der Waals surface area contributed by atoms with Crippen LogP contribution in [0.3, 0.4) is 0 Å². The first-order chi connectivity index (χ1) is 17.1. The van der Waals surface area contributed by atoms with Crippen molar-refractivity contribution in [2.75, 3.05) is 0 Å². The maximum absolute atomic E-state index is 13.2. The van der Waals surface area contributed by atoms with Gasteiger partial charge < -0.3 is 10.2 Å². The minimum Gasteiger partial charge on any atom is -0.508 e. The number of carbonyl (C=O) groups is 1. The summed E-state index contributed by atoms with van der Waals surface area (Å²) in [4.78, 5) is 11.0. The van der Waals surface area contributed by atoms with E-state index in [1.165, 1.54) is 50.7 Å². The van der Waals surface area contributed by atoms with Crippen LogP contribution in [0.15, 0.2) is 60.7 Å². The van der Waals surface area contributed by atoms with Gasteiger partial charge in [0, 0.05) is 11.6 Å². The van der Waals surface area contributed by atoms with Gasteiger partial charge in [-0.25, -0.2) is 4.79 Å². The number of halogens is 3. The van der Waals surface area contributed by atoms with Crippen LogP contribution in [0.25, 0.3) is 5.57 Å². The van der Waals surface area contributed by atoms with Crippen LogP contribution in [-0.4, -0.2) is 16.2 Å². The van der Waals surface area contributed by atoms with Crippen molar-refractivity contribution in [1.29, 1.82) is 0 Å². The summed E-state index contributed by atoms with van der Waals surface area (Å²) in [5, 5.41) is 20.0. The number of alkyl halides is 3. The van der Waals surface area contributed by atoms with Crippen molar-refractivity contribution < 1.29 is 28.2 Å². The first kappa shape index (κ1) is 24.7. The molecule has 0 amide bonds. The monoisotopic (exact) mass is 496 g/mol. The Morgan fingerprint density at radius 2 is 1.64 bits per heavy atom. The van der Waals surface area contributed by atoms with E-state index in [2.05, 4.69) is 12.1 Å². The Labute approximate surface area is 209 Å². The predicted molar refractivity (Wildman–Crippen MR) is 132 cm³/mol. The average molecular weight is 497 g/mol. The molecule has 6 rings (SSSR count). The second kappa shape index (κ2) is 9.45. The third-order valence-electron chi connectivity index (χ3n) is 8.40. The first-order valence-corrected chi connectivity index (χ1v) is 12.7. The summed E-state index contributed by atoms with van der Waals surface area (Å²) in [7, 11) is 0. The lowest BCUT2D eigenvalue weighted by Crippen LogP contribution is -2.48. The highest BCUT2D eigenvalue weighted by Crippen LogP contribution is 2.61. The van der Waals surface area contributed by atoms with E-state index in [4.69, 9.17) is 5.11 Å². The Kier molecular flexibility index (Phi) is 6.48. The van der Waals surface area contributed by atoms with Gasteiger partial charge in [0.2, 0.25) is 0 Å². The van der Waals surface area contributed by atoms with Gasteiger partial charge in [-0.05, 0) is 116 Å². The summed E-state index contributed by atoms with van der Waals surface area (Å²) < 4.78 is 39.5. The van der Waals surface area contributed by atoms with Crippen molar-refractivity contribution in [3.05, 3.63) is 82.9 Å². The SMILES string of the molecule is O=C(O)/C=C/C(=C/CCc1ccc(C23CC4CC(CC(C4)C2)C3)c(O)c1)c1cccc(C(F)(F)F)c1. The molecule has 190 valence electrons. The molecule has 0 atom stereocenters. The van der Waals surface area contributed by atoms with Gasteiger partial charge in [0.05, 0.1) is 5.56 Å². The molecule has 0 aliphatic heterocycles. The number of aryl methyl sites for hydroxylation is 1. The lowest BCUT2D eigenvalue weighted by Gasteiger charge is -2.57. The molecule has 2 aromatic rings. The van der Waals surface area contributed by atoms with Crippen LogP contribution in [0.5, 0.6) is 5.75 Å². The molecule has 4 fully saturated rings. The topological polar surface area (TPSA) is 57.5 Å². The zero-order valence-electron chi connectivity index (χ0n) is 20.1. The predicted octanol–water partition coefficient (Wildman–Crippen LogP) is 7.54. The molecule has 4 aliphatic carbocycles. The molecule has 6 heteroatoms. The maximum atomic E-state index is 13.2. The van der Waals surface area contributed by atoms with Crippen LogP contribution in [0.2, 0.25) is 0 Å². The first-order valence-electron chi connectivity index (χ1n) is 12.7. The average Bonchev–Trinajstić information content (AvgIpc) is 2.79. The van der Waals surface area contributed by atoms with Gasteiger partial charge >= 0.3 is 12.1 Å². The number of allylic oxidation sites excluding steroid dienone is 3. The third-order valence-corrected chi connectivity index (χ3v) is 8.40. The molecule has 0 spiro atoms. The Morgan fingerprint density at radius 1 is 0.972 bits per heavy atom. The van der Waals surface area contributed by atoms with Crippen molar-refractivity contribution in [2.45, 2.75) is 63.0 Å². The second-order valence-corrected chi connectivity index (χ2v) is 11.0. The Balaban J connectivity index is 1.33. The Bertz CT molecular complexity index is 1170. The van der Waals surface area contributed by atoms with Crippen LogP contribution in [0.1, 0.15) is 67.2 Å². The van der Waals surface area contributed by atoms with Gasteiger partial charge in [0.25, 0.3) is 0 Å². The standard InChI is InChI=1S/C30H31F3O3/c31-30(32,33)25-6-2-5-24(15-25)23(8-10-28(35)36)4-1-3-19-7-9-26(27(34)14-19)29-16-20-11-21(17-29)13-22(12-20)18-29/h2,4-10,14-15,20-22,34H,1,3,11-13,16-18H2,(H,35,36)/b10-8+,23-4-. The van der Waals surface area contributed by atoms with E-state index in [0.717, 1.165) is 47.1 Å². The van der Waals surface area contributed by atoms with Crippen LogP contribution in [0.4, 0.5) is 13.2 Å². The molecule has 0 unspecified atom stereocenters. The summed E-state index contributed by atoms with van der Waals surface area (Å²) >= 11 is 0. The third kappa shape index (κ3) is 5.09. The summed E-state index contributed by atoms with van der Waals surface area (Å²) in [5.74, 6) is 1.54. The van der Waals surface area contributed by atoms with Gasteiger partial charge in [-0.1, -0.05) is 30.3 Å². The number of phenols is 1. The van der Waals surface area contributed by atoms with E-state index >= 15 is 0 Å². The molecule has 4 bridgehead atoms. The lowest BCUT2D eigenvalue weighted by atomic mass is 9.48. The molecule has 0 aromatic heterocycles. The highest BCUT2D eigenvalue weighted by atomic mass is 19.4.